The number of hydrogen-bond donors (Lipinski definition) is 1. The summed E-state index contributed by atoms with van der Waals surface area (Å²) in [4.78, 5) is 12.9. The number of carbonyl (C=O) groups is 1. The number of nitrogens with one attached hydrogen (secondary N) is 1. The summed E-state index contributed by atoms with van der Waals surface area (Å²) in [5.74, 6) is 0.133. The van der Waals surface area contributed by atoms with Crippen LogP contribution in [0.3, 0.4) is 0 Å². The summed E-state index contributed by atoms with van der Waals surface area (Å²) in [7, 11) is 0. The van der Waals surface area contributed by atoms with Crippen LogP contribution in [0.25, 0.3) is 10.8 Å². The fourth-order valence-electron chi connectivity index (χ4n) is 4.17. The van der Waals surface area contributed by atoms with E-state index in [-0.39, 0.29) is 17.7 Å². The second-order valence-corrected chi connectivity index (χ2v) is 7.82. The first-order valence-electron chi connectivity index (χ1n) is 10.4. The highest BCUT2D eigenvalue weighted by molar-refractivity contribution is 5.96. The van der Waals surface area contributed by atoms with E-state index in [1.54, 1.807) is 24.3 Å². The van der Waals surface area contributed by atoms with Gasteiger partial charge in [0.1, 0.15) is 17.4 Å². The van der Waals surface area contributed by atoms with Crippen molar-refractivity contribution >= 4 is 16.7 Å². The average Bonchev–Trinajstić information content (AvgIpc) is 2.84. The topological polar surface area (TPSA) is 62.1 Å². The van der Waals surface area contributed by atoms with Crippen LogP contribution >= 0.6 is 0 Å². The van der Waals surface area contributed by atoms with Gasteiger partial charge in [0.15, 0.2) is 0 Å². The SMILES string of the molecule is Cc1ccc([C@H]2C(C#N)=C(NC(=O)c3ccccc3)Oc3ccc4ccccc4c32)cc1. The molecular weight excluding hydrogens is 396 g/mol. The number of fused-ring (bicyclic) bond motifs is 3. The summed E-state index contributed by atoms with van der Waals surface area (Å²) in [6, 6.07) is 31.3. The Labute approximate surface area is 186 Å². The van der Waals surface area contributed by atoms with Gasteiger partial charge in [-0.15, -0.1) is 0 Å². The number of carbonyl (C=O) groups excluding carboxylic acids is 1. The van der Waals surface area contributed by atoms with Gasteiger partial charge in [0.25, 0.3) is 5.91 Å². The van der Waals surface area contributed by atoms with Crippen LogP contribution in [0.5, 0.6) is 5.75 Å². The Morgan fingerprint density at radius 1 is 0.906 bits per heavy atom. The lowest BCUT2D eigenvalue weighted by molar-refractivity contribution is 0.0947. The second kappa shape index (κ2) is 8.05. The largest absolute Gasteiger partial charge is 0.439 e. The number of rotatable bonds is 3. The minimum Gasteiger partial charge on any atom is -0.439 e. The van der Waals surface area contributed by atoms with Gasteiger partial charge in [0, 0.05) is 11.1 Å². The molecule has 4 nitrogen and oxygen atoms in total. The molecule has 0 fully saturated rings. The zero-order valence-electron chi connectivity index (χ0n) is 17.5. The molecule has 0 radical (unpaired) electrons. The van der Waals surface area contributed by atoms with E-state index in [0.717, 1.165) is 27.5 Å². The van der Waals surface area contributed by atoms with Crippen LogP contribution in [0.2, 0.25) is 0 Å². The van der Waals surface area contributed by atoms with Gasteiger partial charge in [-0.1, -0.05) is 78.4 Å². The van der Waals surface area contributed by atoms with Gasteiger partial charge >= 0.3 is 0 Å². The van der Waals surface area contributed by atoms with Crippen LogP contribution in [0, 0.1) is 18.3 Å². The number of benzene rings is 4. The Morgan fingerprint density at radius 2 is 1.62 bits per heavy atom. The van der Waals surface area contributed by atoms with Crippen molar-refractivity contribution in [2.24, 2.45) is 0 Å². The molecule has 1 aliphatic rings. The zero-order chi connectivity index (χ0) is 22.1. The number of ether oxygens (including phenoxy) is 1. The van der Waals surface area contributed by atoms with Crippen LogP contribution in [0.15, 0.2) is 102 Å². The average molecular weight is 416 g/mol. The highest BCUT2D eigenvalue weighted by Gasteiger charge is 2.33. The predicted molar refractivity (Wildman–Crippen MR) is 124 cm³/mol. The van der Waals surface area contributed by atoms with E-state index < -0.39 is 0 Å². The van der Waals surface area contributed by atoms with Crippen molar-refractivity contribution in [3.63, 3.8) is 0 Å². The lowest BCUT2D eigenvalue weighted by atomic mass is 9.81. The molecule has 154 valence electrons. The molecule has 0 spiro atoms. The van der Waals surface area contributed by atoms with E-state index >= 15 is 0 Å². The normalized spacial score (nSPS) is 14.9. The number of aryl methyl sites for hydroxylation is 1. The van der Waals surface area contributed by atoms with Crippen LogP contribution in [0.4, 0.5) is 0 Å². The summed E-state index contributed by atoms with van der Waals surface area (Å²) in [6.45, 7) is 2.03. The van der Waals surface area contributed by atoms with E-state index in [4.69, 9.17) is 4.74 Å². The first-order chi connectivity index (χ1) is 15.7. The number of amides is 1. The first-order valence-corrected chi connectivity index (χ1v) is 10.4. The van der Waals surface area contributed by atoms with Gasteiger partial charge < -0.3 is 4.74 Å². The van der Waals surface area contributed by atoms with E-state index in [9.17, 15) is 10.1 Å². The Bertz CT molecular complexity index is 1400. The molecule has 1 N–H and O–H groups in total. The fraction of sp³-hybridized carbons (Fsp3) is 0.0714. The molecule has 1 amide bonds. The molecule has 0 unspecified atom stereocenters. The van der Waals surface area contributed by atoms with Crippen molar-refractivity contribution in [1.29, 1.82) is 5.26 Å². The number of nitrogens with zero attached hydrogens (tertiary/aromatic N) is 1. The lowest BCUT2D eigenvalue weighted by Crippen LogP contribution is -2.31. The highest BCUT2D eigenvalue weighted by Crippen LogP contribution is 2.46. The van der Waals surface area contributed by atoms with E-state index in [1.807, 2.05) is 73.7 Å². The minimum absolute atomic E-state index is 0.176. The van der Waals surface area contributed by atoms with Crippen molar-refractivity contribution in [2.45, 2.75) is 12.8 Å². The fourth-order valence-corrected chi connectivity index (χ4v) is 4.17. The molecule has 0 bridgehead atoms. The monoisotopic (exact) mass is 416 g/mol. The number of nitriles is 1. The third-order valence-corrected chi connectivity index (χ3v) is 5.76. The van der Waals surface area contributed by atoms with Gasteiger partial charge in [0.05, 0.1) is 5.92 Å². The number of allylic oxidation sites excluding steroid dienone is 1. The van der Waals surface area contributed by atoms with E-state index in [1.165, 1.54) is 0 Å². The summed E-state index contributed by atoms with van der Waals surface area (Å²) < 4.78 is 6.14. The molecular formula is C28H20N2O2. The van der Waals surface area contributed by atoms with Gasteiger partial charge in [0.2, 0.25) is 5.88 Å². The van der Waals surface area contributed by atoms with E-state index in [0.29, 0.717) is 16.9 Å². The Morgan fingerprint density at radius 3 is 2.38 bits per heavy atom. The Kier molecular flexibility index (Phi) is 4.93. The molecule has 0 saturated carbocycles. The van der Waals surface area contributed by atoms with E-state index in [2.05, 4.69) is 11.4 Å². The quantitative estimate of drug-likeness (QED) is 0.456. The van der Waals surface area contributed by atoms with Crippen molar-refractivity contribution in [3.05, 3.63) is 125 Å². The third kappa shape index (κ3) is 3.40. The lowest BCUT2D eigenvalue weighted by Gasteiger charge is -2.29. The standard InChI is InChI=1S/C28H20N2O2/c1-18-11-13-20(14-12-18)25-23(17-29)28(30-27(31)21-8-3-2-4-9-21)32-24-16-15-19-7-5-6-10-22(19)26(24)25/h2-16,25H,1H3,(H,30,31)/t25-/m0/s1. The molecule has 4 heteroatoms. The maximum Gasteiger partial charge on any atom is 0.257 e. The third-order valence-electron chi connectivity index (χ3n) is 5.76. The molecule has 4 aromatic carbocycles. The molecule has 1 heterocycles. The molecule has 0 aliphatic carbocycles. The minimum atomic E-state index is -0.360. The van der Waals surface area contributed by atoms with Crippen molar-refractivity contribution < 1.29 is 9.53 Å². The van der Waals surface area contributed by atoms with Crippen molar-refractivity contribution in [1.82, 2.24) is 5.32 Å². The molecule has 4 aromatic rings. The van der Waals surface area contributed by atoms with Crippen molar-refractivity contribution in [2.75, 3.05) is 0 Å². The maximum atomic E-state index is 12.9. The van der Waals surface area contributed by atoms with Crippen LogP contribution in [0.1, 0.15) is 33.0 Å². The highest BCUT2D eigenvalue weighted by atomic mass is 16.5. The Balaban J connectivity index is 1.69. The van der Waals surface area contributed by atoms with Crippen LogP contribution in [-0.2, 0) is 0 Å². The smallest absolute Gasteiger partial charge is 0.257 e. The Hall–Kier alpha value is -4.36. The zero-order valence-corrected chi connectivity index (χ0v) is 17.5. The van der Waals surface area contributed by atoms with Gasteiger partial charge in [-0.2, -0.15) is 5.26 Å². The molecule has 1 atom stereocenters. The van der Waals surface area contributed by atoms with Crippen molar-refractivity contribution in [3.8, 4) is 11.8 Å². The van der Waals surface area contributed by atoms with Crippen LogP contribution in [-0.4, -0.2) is 5.91 Å². The maximum absolute atomic E-state index is 12.9. The van der Waals surface area contributed by atoms with Gasteiger partial charge in [-0.3, -0.25) is 10.1 Å². The number of hydrogen-bond acceptors (Lipinski definition) is 3. The summed E-state index contributed by atoms with van der Waals surface area (Å²) >= 11 is 0. The second-order valence-electron chi connectivity index (χ2n) is 7.82. The predicted octanol–water partition coefficient (Wildman–Crippen LogP) is 5.84. The first kappa shape index (κ1) is 19.6. The molecule has 0 saturated heterocycles. The molecule has 1 aliphatic heterocycles. The summed E-state index contributed by atoms with van der Waals surface area (Å²) in [5.41, 5.74) is 3.92. The molecule has 5 rings (SSSR count). The summed E-state index contributed by atoms with van der Waals surface area (Å²) in [6.07, 6.45) is 0. The van der Waals surface area contributed by atoms with Crippen LogP contribution < -0.4 is 10.1 Å². The van der Waals surface area contributed by atoms with Gasteiger partial charge in [-0.25, -0.2) is 0 Å². The molecule has 0 aromatic heterocycles. The molecule has 32 heavy (non-hydrogen) atoms. The van der Waals surface area contributed by atoms with Gasteiger partial charge in [-0.05, 0) is 41.5 Å². The summed E-state index contributed by atoms with van der Waals surface area (Å²) in [5, 5.41) is 15.1.